The molecule has 0 spiro atoms. The molecule has 0 aliphatic carbocycles. The van der Waals surface area contributed by atoms with Crippen molar-refractivity contribution in [1.29, 1.82) is 0 Å². The van der Waals surface area contributed by atoms with Crippen LogP contribution >= 0.6 is 0 Å². The van der Waals surface area contributed by atoms with Gasteiger partial charge < -0.3 is 13.8 Å². The molecule has 0 bridgehead atoms. The van der Waals surface area contributed by atoms with Crippen molar-refractivity contribution in [3.8, 4) is 11.4 Å². The van der Waals surface area contributed by atoms with Crippen LogP contribution in [0.15, 0.2) is 169 Å². The highest BCUT2D eigenvalue weighted by Gasteiger charge is 2.22. The SMILES string of the molecule is CC/C(C(=O)/C=C/c1ccc(-n2c3ccccc3c3ccccc32)cc1)=C(\C=C\c1ccc(-n2c3ccccc3c3ccccc32)cc1)OB(F)F. The molecule has 0 unspecified atom stereocenters. The van der Waals surface area contributed by atoms with Crippen LogP contribution in [-0.2, 0) is 9.45 Å². The van der Waals surface area contributed by atoms with Crippen LogP contribution in [0.5, 0.6) is 0 Å². The maximum Gasteiger partial charge on any atom is 0.796 e. The number of nitrogens with zero attached hydrogens (tertiary/aromatic N) is 2. The van der Waals surface area contributed by atoms with Crippen LogP contribution in [0.4, 0.5) is 8.63 Å². The molecular formula is C45H33BF2N2O2. The number of rotatable bonds is 10. The van der Waals surface area contributed by atoms with E-state index in [1.54, 1.807) is 19.1 Å². The summed E-state index contributed by atoms with van der Waals surface area (Å²) in [4.78, 5) is 13.4. The highest BCUT2D eigenvalue weighted by Crippen LogP contribution is 2.33. The lowest BCUT2D eigenvalue weighted by molar-refractivity contribution is -0.111. The van der Waals surface area contributed by atoms with E-state index in [0.29, 0.717) is 0 Å². The second kappa shape index (κ2) is 14.0. The van der Waals surface area contributed by atoms with Gasteiger partial charge in [0.15, 0.2) is 5.78 Å². The van der Waals surface area contributed by atoms with E-state index >= 15 is 0 Å². The van der Waals surface area contributed by atoms with Crippen molar-refractivity contribution in [3.63, 3.8) is 0 Å². The Labute approximate surface area is 300 Å². The number of carbonyl (C=O) groups excluding carboxylic acids is 1. The maximum absolute atomic E-state index is 13.6. The second-order valence-corrected chi connectivity index (χ2v) is 12.5. The summed E-state index contributed by atoms with van der Waals surface area (Å²) >= 11 is 0. The third-order valence-electron chi connectivity index (χ3n) is 9.48. The first-order valence-electron chi connectivity index (χ1n) is 17.3. The third kappa shape index (κ3) is 6.11. The zero-order valence-corrected chi connectivity index (χ0v) is 28.4. The van der Waals surface area contributed by atoms with Crippen molar-refractivity contribution in [2.24, 2.45) is 0 Å². The summed E-state index contributed by atoms with van der Waals surface area (Å²) in [5.41, 5.74) is 8.14. The molecule has 0 saturated heterocycles. The van der Waals surface area contributed by atoms with Gasteiger partial charge in [0.2, 0.25) is 0 Å². The summed E-state index contributed by atoms with van der Waals surface area (Å²) in [5, 5.41) is 4.70. The number of halogens is 2. The average molecular weight is 683 g/mol. The minimum atomic E-state index is -3.08. The van der Waals surface area contributed by atoms with Gasteiger partial charge in [-0.2, -0.15) is 0 Å². The quantitative estimate of drug-likeness (QED) is 0.0623. The molecule has 0 aliphatic heterocycles. The smallest absolute Gasteiger partial charge is 0.505 e. The number of benzene rings is 6. The van der Waals surface area contributed by atoms with Gasteiger partial charge in [0.25, 0.3) is 0 Å². The lowest BCUT2D eigenvalue weighted by atomic mass is 10.0. The number of fused-ring (bicyclic) bond motifs is 6. The van der Waals surface area contributed by atoms with E-state index in [2.05, 4.69) is 57.7 Å². The van der Waals surface area contributed by atoms with Crippen molar-refractivity contribution >= 4 is 69.0 Å². The van der Waals surface area contributed by atoms with Crippen LogP contribution in [0.2, 0.25) is 0 Å². The van der Waals surface area contributed by atoms with Gasteiger partial charge in [-0.25, -0.2) is 8.63 Å². The van der Waals surface area contributed by atoms with Crippen molar-refractivity contribution in [2.45, 2.75) is 13.3 Å². The number of hydrogen-bond acceptors (Lipinski definition) is 2. The molecule has 8 rings (SSSR count). The predicted octanol–water partition coefficient (Wildman–Crippen LogP) is 11.8. The van der Waals surface area contributed by atoms with E-state index in [-0.39, 0.29) is 17.8 Å². The van der Waals surface area contributed by atoms with Crippen molar-refractivity contribution < 1.29 is 18.1 Å². The van der Waals surface area contributed by atoms with Gasteiger partial charge in [0, 0.05) is 38.5 Å². The number of carbonyl (C=O) groups is 1. The van der Waals surface area contributed by atoms with E-state index in [4.69, 9.17) is 4.65 Å². The van der Waals surface area contributed by atoms with E-state index in [0.717, 1.165) is 44.6 Å². The van der Waals surface area contributed by atoms with Crippen molar-refractivity contribution in [1.82, 2.24) is 9.13 Å². The standard InChI is InChI=1S/C45H33BF2N2O2/c1-2-35(44(51)29-23-31-19-25-33(26-20-31)49-40-15-7-3-11-36(40)37-12-4-8-16-41(37)49)45(52-46(47)48)30-24-32-21-27-34(28-22-32)50-42-17-9-5-13-38(42)39-14-6-10-18-43(39)50/h3-30H,2H2,1H3/b29-23+,30-24+,45-35-. The van der Waals surface area contributed by atoms with Gasteiger partial charge in [-0.05, 0) is 78.2 Å². The second-order valence-electron chi connectivity index (χ2n) is 12.5. The number of para-hydroxylation sites is 4. The summed E-state index contributed by atoms with van der Waals surface area (Å²) < 4.78 is 36.6. The Balaban J connectivity index is 1.04. The molecule has 252 valence electrons. The molecule has 0 aliphatic rings. The molecule has 2 heterocycles. The first-order chi connectivity index (χ1) is 25.5. The Morgan fingerprint density at radius 2 is 0.923 bits per heavy atom. The molecule has 0 radical (unpaired) electrons. The maximum atomic E-state index is 13.6. The summed E-state index contributed by atoms with van der Waals surface area (Å²) in [6.45, 7) is 1.75. The molecule has 52 heavy (non-hydrogen) atoms. The Bertz CT molecular complexity index is 2580. The van der Waals surface area contributed by atoms with Crippen molar-refractivity contribution in [2.75, 3.05) is 0 Å². The van der Waals surface area contributed by atoms with Crippen LogP contribution in [0.1, 0.15) is 24.5 Å². The Morgan fingerprint density at radius 3 is 1.29 bits per heavy atom. The molecule has 0 fully saturated rings. The van der Waals surface area contributed by atoms with E-state index in [1.807, 2.05) is 97.1 Å². The van der Waals surface area contributed by atoms with Gasteiger partial charge in [-0.1, -0.05) is 116 Å². The lowest BCUT2D eigenvalue weighted by Crippen LogP contribution is -2.09. The highest BCUT2D eigenvalue weighted by atomic mass is 19.2. The zero-order valence-electron chi connectivity index (χ0n) is 28.4. The monoisotopic (exact) mass is 682 g/mol. The summed E-state index contributed by atoms with van der Waals surface area (Å²) in [6, 6.07) is 48.9. The zero-order chi connectivity index (χ0) is 35.6. The fourth-order valence-electron chi connectivity index (χ4n) is 7.09. The fourth-order valence-corrected chi connectivity index (χ4v) is 7.09. The molecule has 0 atom stereocenters. The lowest BCUT2D eigenvalue weighted by Gasteiger charge is -2.10. The topological polar surface area (TPSA) is 36.2 Å². The molecule has 2 aromatic heterocycles. The van der Waals surface area contributed by atoms with Gasteiger partial charge in [-0.15, -0.1) is 0 Å². The molecule has 7 heteroatoms. The van der Waals surface area contributed by atoms with Crippen molar-refractivity contribution in [3.05, 3.63) is 180 Å². The first kappa shape index (κ1) is 32.7. The van der Waals surface area contributed by atoms with Gasteiger partial charge in [0.05, 0.1) is 22.1 Å². The van der Waals surface area contributed by atoms with E-state index < -0.39 is 13.3 Å². The molecular weight excluding hydrogens is 649 g/mol. The predicted molar refractivity (Wildman–Crippen MR) is 211 cm³/mol. The molecule has 0 saturated carbocycles. The third-order valence-corrected chi connectivity index (χ3v) is 9.48. The minimum absolute atomic E-state index is 0.152. The molecule has 8 aromatic rings. The number of aromatic nitrogens is 2. The average Bonchev–Trinajstić information content (AvgIpc) is 3.70. The number of allylic oxidation sites excluding steroid dienone is 3. The summed E-state index contributed by atoms with van der Waals surface area (Å²) in [5.74, 6) is -0.545. The Morgan fingerprint density at radius 1 is 0.558 bits per heavy atom. The summed E-state index contributed by atoms with van der Waals surface area (Å²) in [6.07, 6.45) is 6.47. The van der Waals surface area contributed by atoms with Gasteiger partial charge >= 0.3 is 7.47 Å². The van der Waals surface area contributed by atoms with Crippen LogP contribution in [0.25, 0.3) is 67.1 Å². The molecule has 0 N–H and O–H groups in total. The normalized spacial score (nSPS) is 12.4. The van der Waals surface area contributed by atoms with Crippen LogP contribution in [0.3, 0.4) is 0 Å². The van der Waals surface area contributed by atoms with Gasteiger partial charge in [0.1, 0.15) is 5.76 Å². The van der Waals surface area contributed by atoms with Crippen LogP contribution in [0, 0.1) is 0 Å². The fraction of sp³-hybridized carbons (Fsp3) is 0.0444. The first-order valence-corrected chi connectivity index (χ1v) is 17.3. The molecule has 4 nitrogen and oxygen atoms in total. The minimum Gasteiger partial charge on any atom is -0.505 e. The van der Waals surface area contributed by atoms with Gasteiger partial charge in [-0.3, -0.25) is 4.79 Å². The van der Waals surface area contributed by atoms with E-state index in [9.17, 15) is 13.4 Å². The van der Waals surface area contributed by atoms with Crippen LogP contribution in [-0.4, -0.2) is 22.4 Å². The molecule has 6 aromatic carbocycles. The summed E-state index contributed by atoms with van der Waals surface area (Å²) in [7, 11) is -3.08. The largest absolute Gasteiger partial charge is 0.796 e. The number of hydrogen-bond donors (Lipinski definition) is 0. The van der Waals surface area contributed by atoms with E-state index in [1.165, 1.54) is 33.7 Å². The number of ketones is 1. The molecule has 0 amide bonds. The Hall–Kier alpha value is -6.47. The highest BCUT2D eigenvalue weighted by molar-refractivity contribution is 6.35. The van der Waals surface area contributed by atoms with Crippen LogP contribution < -0.4 is 0 Å². The Kier molecular flexibility index (Phi) is 8.84.